The smallest absolute Gasteiger partial charge is 0.392 e. The SMILES string of the molecule is O=C(c1ncc2ccccc2c1O)N1CCC(C(F)(F)F)C2(CCC2)C1. The highest BCUT2D eigenvalue weighted by molar-refractivity contribution is 6.01. The fourth-order valence-corrected chi connectivity index (χ4v) is 4.44. The van der Waals surface area contributed by atoms with Crippen LogP contribution in [0.25, 0.3) is 10.8 Å². The van der Waals surface area contributed by atoms with Gasteiger partial charge >= 0.3 is 6.18 Å². The molecule has 0 bridgehead atoms. The molecule has 1 amide bonds. The lowest BCUT2D eigenvalue weighted by atomic mass is 9.58. The van der Waals surface area contributed by atoms with Crippen molar-refractivity contribution in [3.8, 4) is 5.75 Å². The predicted octanol–water partition coefficient (Wildman–Crippen LogP) is 4.14. The minimum atomic E-state index is -4.24. The van der Waals surface area contributed by atoms with Crippen molar-refractivity contribution in [2.24, 2.45) is 11.3 Å². The molecule has 2 fully saturated rings. The quantitative estimate of drug-likeness (QED) is 0.828. The predicted molar refractivity (Wildman–Crippen MR) is 89.8 cm³/mol. The maximum Gasteiger partial charge on any atom is 0.392 e. The van der Waals surface area contributed by atoms with Crippen LogP contribution in [-0.2, 0) is 0 Å². The molecule has 1 saturated heterocycles. The third-order valence-electron chi connectivity index (χ3n) is 5.94. The van der Waals surface area contributed by atoms with Crippen LogP contribution in [0.5, 0.6) is 5.75 Å². The van der Waals surface area contributed by atoms with Crippen molar-refractivity contribution in [1.29, 1.82) is 0 Å². The van der Waals surface area contributed by atoms with E-state index in [0.29, 0.717) is 23.6 Å². The number of aromatic hydroxyl groups is 1. The topological polar surface area (TPSA) is 53.4 Å². The lowest BCUT2D eigenvalue weighted by Crippen LogP contribution is -2.57. The molecule has 138 valence electrons. The van der Waals surface area contributed by atoms with Crippen LogP contribution >= 0.6 is 0 Å². The fourth-order valence-electron chi connectivity index (χ4n) is 4.44. The van der Waals surface area contributed by atoms with E-state index in [1.807, 2.05) is 0 Å². The summed E-state index contributed by atoms with van der Waals surface area (Å²) < 4.78 is 40.2. The Morgan fingerprint density at radius 2 is 2.00 bits per heavy atom. The van der Waals surface area contributed by atoms with Crippen LogP contribution in [0.3, 0.4) is 0 Å². The van der Waals surface area contributed by atoms with E-state index in [1.54, 1.807) is 24.3 Å². The number of pyridine rings is 1. The summed E-state index contributed by atoms with van der Waals surface area (Å²) in [7, 11) is 0. The summed E-state index contributed by atoms with van der Waals surface area (Å²) >= 11 is 0. The molecule has 2 aromatic rings. The minimum Gasteiger partial charge on any atom is -0.505 e. The van der Waals surface area contributed by atoms with Gasteiger partial charge in [0, 0.05) is 30.1 Å². The van der Waals surface area contributed by atoms with Crippen molar-refractivity contribution in [3.63, 3.8) is 0 Å². The molecule has 4 nitrogen and oxygen atoms in total. The number of likely N-dealkylation sites (tertiary alicyclic amines) is 1. The van der Waals surface area contributed by atoms with Gasteiger partial charge in [0.2, 0.25) is 0 Å². The Morgan fingerprint density at radius 1 is 1.27 bits per heavy atom. The van der Waals surface area contributed by atoms with Gasteiger partial charge in [-0.25, -0.2) is 4.98 Å². The van der Waals surface area contributed by atoms with E-state index in [-0.39, 0.29) is 31.0 Å². The van der Waals surface area contributed by atoms with Gasteiger partial charge in [0.25, 0.3) is 5.91 Å². The normalized spacial score (nSPS) is 22.4. The van der Waals surface area contributed by atoms with Gasteiger partial charge in [0.1, 0.15) is 0 Å². The number of carbonyl (C=O) groups is 1. The van der Waals surface area contributed by atoms with Gasteiger partial charge in [-0.1, -0.05) is 30.7 Å². The molecular formula is C19H19F3N2O2. The Bertz CT molecular complexity index is 861. The Hall–Kier alpha value is -2.31. The molecule has 1 aromatic carbocycles. The Kier molecular flexibility index (Phi) is 3.86. The summed E-state index contributed by atoms with van der Waals surface area (Å²) in [5, 5.41) is 11.7. The molecule has 1 aliphatic carbocycles. The number of hydrogen-bond acceptors (Lipinski definition) is 3. The minimum absolute atomic E-state index is 0.0265. The fraction of sp³-hybridized carbons (Fsp3) is 0.474. The number of aromatic nitrogens is 1. The zero-order chi connectivity index (χ0) is 18.5. The summed E-state index contributed by atoms with van der Waals surface area (Å²) in [5.74, 6) is -2.07. The highest BCUT2D eigenvalue weighted by Gasteiger charge is 2.58. The summed E-state index contributed by atoms with van der Waals surface area (Å²) in [6.07, 6.45) is -1.10. The number of piperidine rings is 1. The first-order chi connectivity index (χ1) is 12.3. The molecule has 1 aliphatic heterocycles. The van der Waals surface area contributed by atoms with Crippen LogP contribution in [-0.4, -0.2) is 40.2 Å². The van der Waals surface area contributed by atoms with E-state index in [4.69, 9.17) is 0 Å². The van der Waals surface area contributed by atoms with Crippen LogP contribution in [0.1, 0.15) is 36.2 Å². The molecule has 1 spiro atoms. The summed E-state index contributed by atoms with van der Waals surface area (Å²) in [5.41, 5.74) is -0.970. The molecule has 26 heavy (non-hydrogen) atoms. The first kappa shape index (κ1) is 17.1. The Morgan fingerprint density at radius 3 is 2.65 bits per heavy atom. The number of carbonyl (C=O) groups excluding carboxylic acids is 1. The van der Waals surface area contributed by atoms with E-state index < -0.39 is 23.4 Å². The van der Waals surface area contributed by atoms with Crippen molar-refractivity contribution < 1.29 is 23.1 Å². The Balaban J connectivity index is 1.63. The maximum atomic E-state index is 13.4. The highest BCUT2D eigenvalue weighted by atomic mass is 19.4. The second kappa shape index (κ2) is 5.86. The molecule has 1 atom stereocenters. The highest BCUT2D eigenvalue weighted by Crippen LogP contribution is 2.56. The standard InChI is InChI=1S/C19H19F3N2O2/c20-19(21,22)14-6-9-24(11-18(14)7-3-8-18)17(26)15-16(25)13-5-2-1-4-12(13)10-23-15/h1-2,4-5,10,14,25H,3,6-9,11H2. The van der Waals surface area contributed by atoms with Crippen LogP contribution in [0.4, 0.5) is 13.2 Å². The summed E-state index contributed by atoms with van der Waals surface area (Å²) in [6.45, 7) is 0.0999. The lowest BCUT2D eigenvalue weighted by Gasteiger charge is -2.54. The summed E-state index contributed by atoms with van der Waals surface area (Å²) in [6, 6.07) is 7.00. The average molecular weight is 364 g/mol. The molecule has 1 N–H and O–H groups in total. The molecule has 1 saturated carbocycles. The van der Waals surface area contributed by atoms with Gasteiger partial charge in [0.15, 0.2) is 11.4 Å². The maximum absolute atomic E-state index is 13.4. The van der Waals surface area contributed by atoms with Crippen molar-refractivity contribution >= 4 is 16.7 Å². The monoisotopic (exact) mass is 364 g/mol. The largest absolute Gasteiger partial charge is 0.505 e. The molecule has 1 unspecified atom stereocenters. The number of alkyl halides is 3. The second-order valence-electron chi connectivity index (χ2n) is 7.37. The van der Waals surface area contributed by atoms with E-state index >= 15 is 0 Å². The number of amides is 1. The summed E-state index contributed by atoms with van der Waals surface area (Å²) in [4.78, 5) is 18.4. The third-order valence-corrected chi connectivity index (χ3v) is 5.94. The molecule has 0 radical (unpaired) electrons. The molecule has 1 aromatic heterocycles. The van der Waals surface area contributed by atoms with Gasteiger partial charge in [-0.15, -0.1) is 0 Å². The van der Waals surface area contributed by atoms with Gasteiger partial charge in [-0.05, 0) is 24.7 Å². The van der Waals surface area contributed by atoms with Gasteiger partial charge in [0.05, 0.1) is 5.92 Å². The first-order valence-corrected chi connectivity index (χ1v) is 8.74. The number of nitrogens with zero attached hydrogens (tertiary/aromatic N) is 2. The second-order valence-corrected chi connectivity index (χ2v) is 7.37. The molecule has 4 rings (SSSR count). The van der Waals surface area contributed by atoms with E-state index in [2.05, 4.69) is 4.98 Å². The van der Waals surface area contributed by atoms with Crippen LogP contribution in [0.2, 0.25) is 0 Å². The van der Waals surface area contributed by atoms with E-state index in [1.165, 1.54) is 11.1 Å². The van der Waals surface area contributed by atoms with Gasteiger partial charge in [-0.3, -0.25) is 4.79 Å². The van der Waals surface area contributed by atoms with Crippen LogP contribution < -0.4 is 0 Å². The van der Waals surface area contributed by atoms with Crippen molar-refractivity contribution in [3.05, 3.63) is 36.2 Å². The zero-order valence-electron chi connectivity index (χ0n) is 14.1. The number of fused-ring (bicyclic) bond motifs is 1. The number of hydrogen-bond donors (Lipinski definition) is 1. The molecule has 2 aliphatic rings. The lowest BCUT2D eigenvalue weighted by molar-refractivity contribution is -0.235. The van der Waals surface area contributed by atoms with Gasteiger partial charge in [-0.2, -0.15) is 13.2 Å². The van der Waals surface area contributed by atoms with Crippen molar-refractivity contribution in [1.82, 2.24) is 9.88 Å². The molecule has 7 heteroatoms. The first-order valence-electron chi connectivity index (χ1n) is 8.74. The zero-order valence-corrected chi connectivity index (χ0v) is 14.1. The molecule has 2 heterocycles. The van der Waals surface area contributed by atoms with Gasteiger partial charge < -0.3 is 10.0 Å². The van der Waals surface area contributed by atoms with Crippen LogP contribution in [0, 0.1) is 11.3 Å². The Labute approximate surface area is 148 Å². The number of benzene rings is 1. The van der Waals surface area contributed by atoms with Crippen molar-refractivity contribution in [2.75, 3.05) is 13.1 Å². The van der Waals surface area contributed by atoms with Crippen LogP contribution in [0.15, 0.2) is 30.5 Å². The van der Waals surface area contributed by atoms with E-state index in [0.717, 1.165) is 6.42 Å². The third kappa shape index (κ3) is 2.61. The molecular weight excluding hydrogens is 345 g/mol. The average Bonchev–Trinajstić information content (AvgIpc) is 2.59. The number of rotatable bonds is 1. The van der Waals surface area contributed by atoms with E-state index in [9.17, 15) is 23.1 Å². The van der Waals surface area contributed by atoms with Crippen molar-refractivity contribution in [2.45, 2.75) is 31.9 Å². The number of halogens is 3.